The molecule has 0 fully saturated rings. The third kappa shape index (κ3) is 4.21. The first-order chi connectivity index (χ1) is 10.1. The van der Waals surface area contributed by atoms with Crippen LogP contribution in [0.5, 0.6) is 5.75 Å². The van der Waals surface area contributed by atoms with Crippen molar-refractivity contribution in [2.24, 2.45) is 0 Å². The molecule has 0 aliphatic carbocycles. The molecule has 0 aliphatic heterocycles. The maximum atomic E-state index is 13.7. The molecule has 110 valence electrons. The van der Waals surface area contributed by atoms with Gasteiger partial charge in [-0.15, -0.1) is 0 Å². The third-order valence-corrected chi connectivity index (χ3v) is 2.94. The number of anilines is 2. The fraction of sp³-hybridized carbons (Fsp3) is 0.188. The molecule has 3 N–H and O–H groups in total. The number of nitrogens with one attached hydrogen (secondary N) is 1. The van der Waals surface area contributed by atoms with Gasteiger partial charge < -0.3 is 15.8 Å². The van der Waals surface area contributed by atoms with E-state index in [1.54, 1.807) is 49.4 Å². The quantitative estimate of drug-likeness (QED) is 0.831. The van der Waals surface area contributed by atoms with Crippen LogP contribution in [0.1, 0.15) is 12.0 Å². The van der Waals surface area contributed by atoms with E-state index in [0.29, 0.717) is 16.9 Å². The highest BCUT2D eigenvalue weighted by molar-refractivity contribution is 5.90. The highest BCUT2D eigenvalue weighted by Crippen LogP contribution is 2.19. The van der Waals surface area contributed by atoms with Crippen LogP contribution in [0.3, 0.4) is 0 Å². The number of carbonyl (C=O) groups excluding carboxylic acids is 1. The van der Waals surface area contributed by atoms with Crippen molar-refractivity contribution in [1.29, 1.82) is 0 Å². The van der Waals surface area contributed by atoms with Crippen molar-refractivity contribution in [1.82, 2.24) is 0 Å². The zero-order valence-corrected chi connectivity index (χ0v) is 11.7. The van der Waals surface area contributed by atoms with E-state index in [9.17, 15) is 9.18 Å². The molecular weight excluding hydrogens is 271 g/mol. The number of nitrogen functional groups attached to an aromatic ring is 1. The van der Waals surface area contributed by atoms with Crippen molar-refractivity contribution in [3.63, 3.8) is 0 Å². The Hall–Kier alpha value is -2.56. The number of carbonyl (C=O) groups is 1. The van der Waals surface area contributed by atoms with Gasteiger partial charge in [-0.2, -0.15) is 0 Å². The average Bonchev–Trinajstić information content (AvgIpc) is 2.46. The van der Waals surface area contributed by atoms with Crippen molar-refractivity contribution >= 4 is 17.3 Å². The minimum atomic E-state index is -0.392. The lowest BCUT2D eigenvalue weighted by Crippen LogP contribution is -2.15. The summed E-state index contributed by atoms with van der Waals surface area (Å²) in [6.07, 6.45) is 0.137. The minimum Gasteiger partial charge on any atom is -0.490 e. The Morgan fingerprint density at radius 2 is 1.95 bits per heavy atom. The summed E-state index contributed by atoms with van der Waals surface area (Å²) in [5.74, 6) is -0.431. The van der Waals surface area contributed by atoms with Crippen molar-refractivity contribution in [2.45, 2.75) is 13.3 Å². The van der Waals surface area contributed by atoms with Crippen molar-refractivity contribution in [2.75, 3.05) is 17.7 Å². The van der Waals surface area contributed by atoms with Gasteiger partial charge >= 0.3 is 0 Å². The topological polar surface area (TPSA) is 64.3 Å². The Bertz CT molecular complexity index is 627. The average molecular weight is 288 g/mol. The number of benzene rings is 2. The van der Waals surface area contributed by atoms with Crippen LogP contribution in [0.4, 0.5) is 15.8 Å². The van der Waals surface area contributed by atoms with Crippen LogP contribution in [-0.2, 0) is 4.79 Å². The Kier molecular flexibility index (Phi) is 4.77. The van der Waals surface area contributed by atoms with Crippen LogP contribution in [0, 0.1) is 12.7 Å². The molecule has 4 nitrogen and oxygen atoms in total. The number of aryl methyl sites for hydroxylation is 1. The molecule has 0 saturated heterocycles. The number of rotatable bonds is 5. The molecule has 0 atom stereocenters. The van der Waals surface area contributed by atoms with E-state index >= 15 is 0 Å². The standard InChI is InChI=1S/C16H17FN2O2/c1-11-3-2-4-14(16(11)17)21-10-9-15(20)19-13-7-5-12(18)6-8-13/h2-8H,9-10,18H2,1H3,(H,19,20). The van der Waals surface area contributed by atoms with Crippen LogP contribution >= 0.6 is 0 Å². The lowest BCUT2D eigenvalue weighted by Gasteiger charge is -2.09. The Labute approximate surface area is 122 Å². The summed E-state index contributed by atoms with van der Waals surface area (Å²) in [7, 11) is 0. The van der Waals surface area contributed by atoms with Crippen LogP contribution in [0.15, 0.2) is 42.5 Å². The molecule has 21 heavy (non-hydrogen) atoms. The number of ether oxygens (including phenoxy) is 1. The molecule has 1 amide bonds. The van der Waals surface area contributed by atoms with Crippen LogP contribution in [0.2, 0.25) is 0 Å². The zero-order chi connectivity index (χ0) is 15.2. The fourth-order valence-corrected chi connectivity index (χ4v) is 1.78. The first-order valence-electron chi connectivity index (χ1n) is 6.59. The Morgan fingerprint density at radius 1 is 1.24 bits per heavy atom. The predicted molar refractivity (Wildman–Crippen MR) is 80.7 cm³/mol. The lowest BCUT2D eigenvalue weighted by atomic mass is 10.2. The summed E-state index contributed by atoms with van der Waals surface area (Å²) in [6.45, 7) is 1.77. The summed E-state index contributed by atoms with van der Waals surface area (Å²) >= 11 is 0. The summed E-state index contributed by atoms with van der Waals surface area (Å²) in [5.41, 5.74) is 7.37. The van der Waals surface area contributed by atoms with E-state index in [1.165, 1.54) is 0 Å². The highest BCUT2D eigenvalue weighted by Gasteiger charge is 2.07. The van der Waals surface area contributed by atoms with Crippen LogP contribution in [0.25, 0.3) is 0 Å². The van der Waals surface area contributed by atoms with Gasteiger partial charge in [-0.25, -0.2) is 4.39 Å². The second-order valence-corrected chi connectivity index (χ2v) is 4.66. The van der Waals surface area contributed by atoms with E-state index in [1.807, 2.05) is 0 Å². The van der Waals surface area contributed by atoms with Gasteiger partial charge in [0.25, 0.3) is 0 Å². The second kappa shape index (κ2) is 6.74. The minimum absolute atomic E-state index is 0.112. The van der Waals surface area contributed by atoms with Crippen LogP contribution in [-0.4, -0.2) is 12.5 Å². The first-order valence-corrected chi connectivity index (χ1v) is 6.59. The summed E-state index contributed by atoms with van der Waals surface area (Å²) in [4.78, 5) is 11.7. The van der Waals surface area contributed by atoms with Gasteiger partial charge in [-0.3, -0.25) is 4.79 Å². The molecule has 2 rings (SSSR count). The number of nitrogens with two attached hydrogens (primary N) is 1. The SMILES string of the molecule is Cc1cccc(OCCC(=O)Nc2ccc(N)cc2)c1F. The highest BCUT2D eigenvalue weighted by atomic mass is 19.1. The smallest absolute Gasteiger partial charge is 0.227 e. The number of hydrogen-bond donors (Lipinski definition) is 2. The molecule has 0 spiro atoms. The molecule has 0 heterocycles. The zero-order valence-electron chi connectivity index (χ0n) is 11.7. The van der Waals surface area contributed by atoms with Gasteiger partial charge in [-0.1, -0.05) is 12.1 Å². The van der Waals surface area contributed by atoms with E-state index in [4.69, 9.17) is 10.5 Å². The molecule has 2 aromatic rings. The Morgan fingerprint density at radius 3 is 2.67 bits per heavy atom. The maximum absolute atomic E-state index is 13.7. The fourth-order valence-electron chi connectivity index (χ4n) is 1.78. The summed E-state index contributed by atoms with van der Waals surface area (Å²) < 4.78 is 19.0. The summed E-state index contributed by atoms with van der Waals surface area (Å²) in [5, 5.41) is 2.71. The lowest BCUT2D eigenvalue weighted by molar-refractivity contribution is -0.116. The second-order valence-electron chi connectivity index (χ2n) is 4.66. The van der Waals surface area contributed by atoms with Gasteiger partial charge in [0.05, 0.1) is 13.0 Å². The Balaban J connectivity index is 1.81. The molecule has 0 unspecified atom stereocenters. The number of halogens is 1. The van der Waals surface area contributed by atoms with Gasteiger partial charge in [0.2, 0.25) is 5.91 Å². The summed E-state index contributed by atoms with van der Waals surface area (Å²) in [6, 6.07) is 11.8. The van der Waals surface area contributed by atoms with E-state index in [2.05, 4.69) is 5.32 Å². The van der Waals surface area contributed by atoms with Gasteiger partial charge in [0.15, 0.2) is 11.6 Å². The molecule has 0 saturated carbocycles. The molecule has 0 radical (unpaired) electrons. The first kappa shape index (κ1) is 14.8. The van der Waals surface area contributed by atoms with Crippen molar-refractivity contribution in [3.05, 3.63) is 53.8 Å². The monoisotopic (exact) mass is 288 g/mol. The van der Waals surface area contributed by atoms with Crippen molar-refractivity contribution in [3.8, 4) is 5.75 Å². The number of hydrogen-bond acceptors (Lipinski definition) is 3. The van der Waals surface area contributed by atoms with Gasteiger partial charge in [0, 0.05) is 11.4 Å². The number of amides is 1. The molecule has 2 aromatic carbocycles. The molecule has 0 aromatic heterocycles. The molecular formula is C16H17FN2O2. The molecule has 5 heteroatoms. The van der Waals surface area contributed by atoms with E-state index in [0.717, 1.165) is 0 Å². The van der Waals surface area contributed by atoms with Gasteiger partial charge in [-0.05, 0) is 42.8 Å². The molecule has 0 aliphatic rings. The molecule has 0 bridgehead atoms. The largest absolute Gasteiger partial charge is 0.490 e. The maximum Gasteiger partial charge on any atom is 0.227 e. The predicted octanol–water partition coefficient (Wildman–Crippen LogP) is 3.12. The van der Waals surface area contributed by atoms with E-state index < -0.39 is 5.82 Å². The third-order valence-electron chi connectivity index (χ3n) is 2.94. The van der Waals surface area contributed by atoms with Gasteiger partial charge in [0.1, 0.15) is 0 Å². The normalized spacial score (nSPS) is 10.2. The van der Waals surface area contributed by atoms with Crippen molar-refractivity contribution < 1.29 is 13.9 Å². The van der Waals surface area contributed by atoms with E-state index in [-0.39, 0.29) is 24.7 Å². The van der Waals surface area contributed by atoms with Crippen LogP contribution < -0.4 is 15.8 Å².